The molecule has 1 amide bonds. The highest BCUT2D eigenvalue weighted by atomic mass is 16.5. The number of carbonyl (C=O) groups is 1. The normalized spacial score (nSPS) is 23.4. The fourth-order valence-corrected chi connectivity index (χ4v) is 2.26. The first-order valence-corrected chi connectivity index (χ1v) is 6.34. The zero-order chi connectivity index (χ0) is 12.3. The molecular weight excluding hydrogens is 220 g/mol. The summed E-state index contributed by atoms with van der Waals surface area (Å²) in [5, 5.41) is 0. The minimum absolute atomic E-state index is 0.0837. The Bertz CT molecular complexity index is 273. The summed E-state index contributed by atoms with van der Waals surface area (Å²) in [4.78, 5) is 14.4. The summed E-state index contributed by atoms with van der Waals surface area (Å²) in [6.07, 6.45) is 3.45. The molecule has 2 rings (SSSR count). The van der Waals surface area contributed by atoms with E-state index < -0.39 is 5.54 Å². The molecule has 1 heterocycles. The second-order valence-electron chi connectivity index (χ2n) is 4.99. The van der Waals surface area contributed by atoms with E-state index in [4.69, 9.17) is 15.2 Å². The minimum Gasteiger partial charge on any atom is -0.383 e. The quantitative estimate of drug-likeness (QED) is 0.744. The summed E-state index contributed by atoms with van der Waals surface area (Å²) in [5.41, 5.74) is 5.52. The maximum Gasteiger partial charge on any atom is 0.243 e. The molecule has 1 aliphatic heterocycles. The van der Waals surface area contributed by atoms with Crippen LogP contribution in [-0.2, 0) is 14.3 Å². The Morgan fingerprint density at radius 3 is 2.65 bits per heavy atom. The average molecular weight is 242 g/mol. The van der Waals surface area contributed by atoms with Crippen LogP contribution in [0.2, 0.25) is 0 Å². The van der Waals surface area contributed by atoms with E-state index in [0.29, 0.717) is 45.2 Å². The van der Waals surface area contributed by atoms with E-state index in [2.05, 4.69) is 0 Å². The van der Waals surface area contributed by atoms with Gasteiger partial charge in [0.05, 0.1) is 12.1 Å². The number of hydrogen-bond donors (Lipinski definition) is 1. The second kappa shape index (κ2) is 5.33. The van der Waals surface area contributed by atoms with Gasteiger partial charge in [-0.15, -0.1) is 0 Å². The van der Waals surface area contributed by atoms with E-state index >= 15 is 0 Å². The zero-order valence-electron chi connectivity index (χ0n) is 10.5. The van der Waals surface area contributed by atoms with Gasteiger partial charge in [-0.25, -0.2) is 0 Å². The molecule has 17 heavy (non-hydrogen) atoms. The van der Waals surface area contributed by atoms with E-state index in [1.165, 1.54) is 0 Å². The molecule has 0 bridgehead atoms. The Labute approximate surface area is 102 Å². The average Bonchev–Trinajstić information content (AvgIpc) is 3.15. The first-order valence-electron chi connectivity index (χ1n) is 6.34. The summed E-state index contributed by atoms with van der Waals surface area (Å²) in [5.74, 6) is 0.0837. The molecule has 0 radical (unpaired) electrons. The van der Waals surface area contributed by atoms with Crippen LogP contribution in [0.15, 0.2) is 0 Å². The lowest BCUT2D eigenvalue weighted by molar-refractivity contribution is -0.141. The van der Waals surface area contributed by atoms with Crippen molar-refractivity contribution >= 4 is 5.91 Å². The first-order chi connectivity index (χ1) is 8.17. The van der Waals surface area contributed by atoms with E-state index in [1.807, 2.05) is 4.90 Å². The fraction of sp³-hybridized carbons (Fsp3) is 0.917. The molecule has 0 aromatic carbocycles. The molecular formula is C12H22N2O3. The lowest BCUT2D eigenvalue weighted by Crippen LogP contribution is -2.59. The number of amides is 1. The predicted molar refractivity (Wildman–Crippen MR) is 63.6 cm³/mol. The molecule has 5 heteroatoms. The molecule has 0 unspecified atom stereocenters. The number of ether oxygens (including phenoxy) is 2. The second-order valence-corrected chi connectivity index (χ2v) is 4.99. The minimum atomic E-state index is -0.714. The van der Waals surface area contributed by atoms with Crippen molar-refractivity contribution in [2.45, 2.75) is 37.3 Å². The third-order valence-corrected chi connectivity index (χ3v) is 3.60. The Balaban J connectivity index is 1.98. The van der Waals surface area contributed by atoms with Crippen molar-refractivity contribution in [2.24, 2.45) is 5.73 Å². The van der Waals surface area contributed by atoms with Gasteiger partial charge in [0, 0.05) is 32.9 Å². The van der Waals surface area contributed by atoms with Gasteiger partial charge in [-0.1, -0.05) is 0 Å². The Kier molecular flexibility index (Phi) is 4.01. The highest BCUT2D eigenvalue weighted by molar-refractivity contribution is 5.86. The summed E-state index contributed by atoms with van der Waals surface area (Å²) >= 11 is 0. The molecule has 5 nitrogen and oxygen atoms in total. The number of nitrogens with zero attached hydrogens (tertiary/aromatic N) is 1. The maximum absolute atomic E-state index is 12.5. The zero-order valence-corrected chi connectivity index (χ0v) is 10.5. The van der Waals surface area contributed by atoms with Gasteiger partial charge in [-0.05, 0) is 25.7 Å². The van der Waals surface area contributed by atoms with Crippen LogP contribution in [0.4, 0.5) is 0 Å². The van der Waals surface area contributed by atoms with Crippen LogP contribution < -0.4 is 5.73 Å². The molecule has 2 fully saturated rings. The van der Waals surface area contributed by atoms with Gasteiger partial charge in [-0.3, -0.25) is 4.79 Å². The molecule has 2 N–H and O–H groups in total. The summed E-state index contributed by atoms with van der Waals surface area (Å²) in [6.45, 7) is 2.41. The highest BCUT2D eigenvalue weighted by Gasteiger charge is 2.43. The standard InChI is InChI=1S/C12H22N2O3/c1-16-9-6-14(10-2-3-10)11(15)12(13)4-7-17-8-5-12/h10H,2-9,13H2,1H3. The van der Waals surface area contributed by atoms with Gasteiger partial charge < -0.3 is 20.1 Å². The molecule has 0 aromatic rings. The predicted octanol–water partition coefficient (Wildman–Crippen LogP) is 0.132. The van der Waals surface area contributed by atoms with Crippen molar-refractivity contribution in [3.8, 4) is 0 Å². The van der Waals surface area contributed by atoms with Crippen LogP contribution in [0, 0.1) is 0 Å². The molecule has 1 aliphatic carbocycles. The first kappa shape index (κ1) is 12.8. The monoisotopic (exact) mass is 242 g/mol. The summed E-state index contributed by atoms with van der Waals surface area (Å²) in [6, 6.07) is 0.390. The number of methoxy groups -OCH3 is 1. The van der Waals surface area contributed by atoms with Crippen LogP contribution in [0.1, 0.15) is 25.7 Å². The molecule has 0 aromatic heterocycles. The lowest BCUT2D eigenvalue weighted by atomic mass is 9.89. The number of carbonyl (C=O) groups excluding carboxylic acids is 1. The van der Waals surface area contributed by atoms with E-state index in [0.717, 1.165) is 12.8 Å². The van der Waals surface area contributed by atoms with Crippen LogP contribution in [0.25, 0.3) is 0 Å². The SMILES string of the molecule is COCCN(C(=O)C1(N)CCOCC1)C1CC1. The summed E-state index contributed by atoms with van der Waals surface area (Å²) < 4.78 is 10.3. The Morgan fingerprint density at radius 1 is 1.47 bits per heavy atom. The molecule has 1 saturated carbocycles. The third-order valence-electron chi connectivity index (χ3n) is 3.60. The number of hydrogen-bond acceptors (Lipinski definition) is 4. The van der Waals surface area contributed by atoms with E-state index in [-0.39, 0.29) is 5.91 Å². The van der Waals surface area contributed by atoms with Gasteiger partial charge in [0.25, 0.3) is 0 Å². The molecule has 2 aliphatic rings. The van der Waals surface area contributed by atoms with Crippen molar-refractivity contribution in [3.63, 3.8) is 0 Å². The highest BCUT2D eigenvalue weighted by Crippen LogP contribution is 2.30. The van der Waals surface area contributed by atoms with Gasteiger partial charge in [0.15, 0.2) is 0 Å². The lowest BCUT2D eigenvalue weighted by Gasteiger charge is -2.36. The fourth-order valence-electron chi connectivity index (χ4n) is 2.26. The maximum atomic E-state index is 12.5. The van der Waals surface area contributed by atoms with Gasteiger partial charge in [0.1, 0.15) is 0 Å². The largest absolute Gasteiger partial charge is 0.383 e. The topological polar surface area (TPSA) is 64.8 Å². The van der Waals surface area contributed by atoms with E-state index in [1.54, 1.807) is 7.11 Å². The van der Waals surface area contributed by atoms with Crippen LogP contribution in [0.5, 0.6) is 0 Å². The van der Waals surface area contributed by atoms with Gasteiger partial charge in [-0.2, -0.15) is 0 Å². The number of rotatable bonds is 5. The summed E-state index contributed by atoms with van der Waals surface area (Å²) in [7, 11) is 1.65. The van der Waals surface area contributed by atoms with Crippen molar-refractivity contribution in [3.05, 3.63) is 0 Å². The van der Waals surface area contributed by atoms with Crippen molar-refractivity contribution < 1.29 is 14.3 Å². The Hall–Kier alpha value is -0.650. The van der Waals surface area contributed by atoms with Gasteiger partial charge >= 0.3 is 0 Å². The van der Waals surface area contributed by atoms with Crippen LogP contribution >= 0.6 is 0 Å². The van der Waals surface area contributed by atoms with Crippen molar-refractivity contribution in [1.29, 1.82) is 0 Å². The molecule has 1 saturated heterocycles. The van der Waals surface area contributed by atoms with E-state index in [9.17, 15) is 4.79 Å². The third kappa shape index (κ3) is 2.97. The van der Waals surface area contributed by atoms with Gasteiger partial charge in [0.2, 0.25) is 5.91 Å². The van der Waals surface area contributed by atoms with Crippen molar-refractivity contribution in [2.75, 3.05) is 33.5 Å². The van der Waals surface area contributed by atoms with Crippen molar-refractivity contribution in [1.82, 2.24) is 4.90 Å². The van der Waals surface area contributed by atoms with Crippen LogP contribution in [0.3, 0.4) is 0 Å². The smallest absolute Gasteiger partial charge is 0.243 e. The Morgan fingerprint density at radius 2 is 2.12 bits per heavy atom. The molecule has 0 spiro atoms. The molecule has 0 atom stereocenters. The molecule has 98 valence electrons. The van der Waals surface area contributed by atoms with Crippen LogP contribution in [-0.4, -0.2) is 55.9 Å². The number of nitrogens with two attached hydrogens (primary N) is 1.